The molecule has 104 valence electrons. The van der Waals surface area contributed by atoms with Crippen LogP contribution in [0.25, 0.3) is 0 Å². The number of carbonyl (C=O) groups is 1. The molecule has 0 atom stereocenters. The maximum atomic E-state index is 11.2. The fourth-order valence-electron chi connectivity index (χ4n) is 2.11. The van der Waals surface area contributed by atoms with Crippen LogP contribution < -0.4 is 5.32 Å². The summed E-state index contributed by atoms with van der Waals surface area (Å²) in [6, 6.07) is 11.9. The lowest BCUT2D eigenvalue weighted by Crippen LogP contribution is -2.11. The highest BCUT2D eigenvalue weighted by Crippen LogP contribution is 2.16. The van der Waals surface area contributed by atoms with Crippen molar-refractivity contribution in [2.24, 2.45) is 0 Å². The van der Waals surface area contributed by atoms with Crippen molar-refractivity contribution in [1.82, 2.24) is 4.98 Å². The summed E-state index contributed by atoms with van der Waals surface area (Å²) in [5.74, 6) is -0.494. The minimum atomic E-state index is -0.943. The Morgan fingerprint density at radius 1 is 1.25 bits per heavy atom. The highest BCUT2D eigenvalue weighted by Gasteiger charge is 2.13. The number of aromatic carboxylic acids is 1. The van der Waals surface area contributed by atoms with E-state index in [1.165, 1.54) is 5.56 Å². The largest absolute Gasteiger partial charge is 0.478 e. The van der Waals surface area contributed by atoms with Gasteiger partial charge < -0.3 is 10.4 Å². The standard InChI is InChI=1S/C16H18N2O2/c1-12-9-11-18-15(14(12)16(19)20)17-10-5-8-13-6-3-2-4-7-13/h2-4,6-7,9,11H,5,8,10H2,1H3,(H,17,18)(H,19,20). The van der Waals surface area contributed by atoms with Crippen molar-refractivity contribution in [3.63, 3.8) is 0 Å². The van der Waals surface area contributed by atoms with E-state index < -0.39 is 5.97 Å². The summed E-state index contributed by atoms with van der Waals surface area (Å²) in [5, 5.41) is 12.3. The molecule has 0 spiro atoms. The zero-order chi connectivity index (χ0) is 14.4. The molecule has 2 rings (SSSR count). The van der Waals surface area contributed by atoms with Gasteiger partial charge >= 0.3 is 5.97 Å². The molecule has 0 saturated carbocycles. The van der Waals surface area contributed by atoms with Crippen LogP contribution >= 0.6 is 0 Å². The lowest BCUT2D eigenvalue weighted by molar-refractivity contribution is 0.0697. The molecule has 0 amide bonds. The number of carboxylic acid groups (broad SMARTS) is 1. The Morgan fingerprint density at radius 3 is 2.70 bits per heavy atom. The van der Waals surface area contributed by atoms with E-state index in [0.717, 1.165) is 18.4 Å². The normalized spacial score (nSPS) is 10.2. The number of carboxylic acids is 1. The number of nitrogens with zero attached hydrogens (tertiary/aromatic N) is 1. The smallest absolute Gasteiger partial charge is 0.339 e. The third-order valence-corrected chi connectivity index (χ3v) is 3.15. The number of aryl methyl sites for hydroxylation is 2. The molecule has 0 radical (unpaired) electrons. The van der Waals surface area contributed by atoms with E-state index in [-0.39, 0.29) is 5.56 Å². The second-order valence-electron chi connectivity index (χ2n) is 4.67. The summed E-state index contributed by atoms with van der Waals surface area (Å²) in [5.41, 5.74) is 2.26. The maximum absolute atomic E-state index is 11.2. The number of anilines is 1. The molecule has 2 N–H and O–H groups in total. The van der Waals surface area contributed by atoms with Crippen LogP contribution in [0.5, 0.6) is 0 Å². The highest BCUT2D eigenvalue weighted by molar-refractivity contribution is 5.94. The fraction of sp³-hybridized carbons (Fsp3) is 0.250. The molecule has 20 heavy (non-hydrogen) atoms. The van der Waals surface area contributed by atoms with Gasteiger partial charge in [0.25, 0.3) is 0 Å². The van der Waals surface area contributed by atoms with E-state index in [4.69, 9.17) is 0 Å². The molecule has 0 fully saturated rings. The third-order valence-electron chi connectivity index (χ3n) is 3.15. The van der Waals surface area contributed by atoms with Gasteiger partial charge in [0.1, 0.15) is 11.4 Å². The number of hydrogen-bond acceptors (Lipinski definition) is 3. The molecule has 1 aromatic carbocycles. The Kier molecular flexibility index (Phi) is 4.71. The molecule has 4 nitrogen and oxygen atoms in total. The van der Waals surface area contributed by atoms with Crippen molar-refractivity contribution in [2.75, 3.05) is 11.9 Å². The average Bonchev–Trinajstić information content (AvgIpc) is 2.44. The van der Waals surface area contributed by atoms with Crippen molar-refractivity contribution in [3.05, 3.63) is 59.3 Å². The molecule has 2 aromatic rings. The van der Waals surface area contributed by atoms with Crippen molar-refractivity contribution in [2.45, 2.75) is 19.8 Å². The van der Waals surface area contributed by atoms with Gasteiger partial charge in [0.05, 0.1) is 0 Å². The predicted octanol–water partition coefficient (Wildman–Crippen LogP) is 3.13. The van der Waals surface area contributed by atoms with E-state index in [9.17, 15) is 9.90 Å². The number of benzene rings is 1. The molecule has 4 heteroatoms. The van der Waals surface area contributed by atoms with Crippen molar-refractivity contribution < 1.29 is 9.90 Å². The second kappa shape index (κ2) is 6.70. The molecule has 1 heterocycles. The van der Waals surface area contributed by atoms with Crippen LogP contribution in [0.2, 0.25) is 0 Å². The third kappa shape index (κ3) is 3.57. The van der Waals surface area contributed by atoms with Crippen molar-refractivity contribution in [3.8, 4) is 0 Å². The van der Waals surface area contributed by atoms with Crippen molar-refractivity contribution in [1.29, 1.82) is 0 Å². The minimum Gasteiger partial charge on any atom is -0.478 e. The molecule has 0 aliphatic carbocycles. The zero-order valence-electron chi connectivity index (χ0n) is 11.5. The molecule has 0 saturated heterocycles. The molecule has 0 unspecified atom stereocenters. The second-order valence-corrected chi connectivity index (χ2v) is 4.67. The zero-order valence-corrected chi connectivity index (χ0v) is 11.5. The molecule has 1 aromatic heterocycles. The summed E-state index contributed by atoms with van der Waals surface area (Å²) in [7, 11) is 0. The summed E-state index contributed by atoms with van der Waals surface area (Å²) in [4.78, 5) is 15.3. The highest BCUT2D eigenvalue weighted by atomic mass is 16.4. The predicted molar refractivity (Wildman–Crippen MR) is 79.2 cm³/mol. The van der Waals surface area contributed by atoms with Crippen LogP contribution in [0, 0.1) is 6.92 Å². The lowest BCUT2D eigenvalue weighted by Gasteiger charge is -2.10. The minimum absolute atomic E-state index is 0.257. The van der Waals surface area contributed by atoms with Crippen LogP contribution in [-0.2, 0) is 6.42 Å². The van der Waals surface area contributed by atoms with E-state index >= 15 is 0 Å². The quantitative estimate of drug-likeness (QED) is 0.792. The lowest BCUT2D eigenvalue weighted by atomic mass is 10.1. The molecule has 0 bridgehead atoms. The monoisotopic (exact) mass is 270 g/mol. The Morgan fingerprint density at radius 2 is 2.00 bits per heavy atom. The van der Waals surface area contributed by atoms with Gasteiger partial charge in [-0.25, -0.2) is 9.78 Å². The van der Waals surface area contributed by atoms with Gasteiger partial charge in [0, 0.05) is 12.7 Å². The average molecular weight is 270 g/mol. The molecule has 0 aliphatic heterocycles. The van der Waals surface area contributed by atoms with Crippen LogP contribution in [0.1, 0.15) is 27.9 Å². The van der Waals surface area contributed by atoms with Crippen LogP contribution in [-0.4, -0.2) is 22.6 Å². The topological polar surface area (TPSA) is 62.2 Å². The van der Waals surface area contributed by atoms with Crippen LogP contribution in [0.3, 0.4) is 0 Å². The van der Waals surface area contributed by atoms with Gasteiger partial charge in [-0.3, -0.25) is 0 Å². The SMILES string of the molecule is Cc1ccnc(NCCCc2ccccc2)c1C(=O)O. The van der Waals surface area contributed by atoms with Gasteiger partial charge in [-0.1, -0.05) is 30.3 Å². The molecular weight excluding hydrogens is 252 g/mol. The van der Waals surface area contributed by atoms with E-state index in [1.54, 1.807) is 19.2 Å². The Bertz CT molecular complexity index is 582. The summed E-state index contributed by atoms with van der Waals surface area (Å²) in [6.07, 6.45) is 3.52. The van der Waals surface area contributed by atoms with Gasteiger partial charge in [-0.05, 0) is 37.0 Å². The summed E-state index contributed by atoms with van der Waals surface area (Å²) >= 11 is 0. The fourth-order valence-corrected chi connectivity index (χ4v) is 2.11. The molecular formula is C16H18N2O2. The van der Waals surface area contributed by atoms with Crippen LogP contribution in [0.15, 0.2) is 42.6 Å². The van der Waals surface area contributed by atoms with Gasteiger partial charge in [-0.2, -0.15) is 0 Å². The number of pyridine rings is 1. The Balaban J connectivity index is 1.92. The van der Waals surface area contributed by atoms with E-state index in [2.05, 4.69) is 22.4 Å². The number of nitrogens with one attached hydrogen (secondary N) is 1. The van der Waals surface area contributed by atoms with E-state index in [1.807, 2.05) is 18.2 Å². The Labute approximate surface area is 118 Å². The van der Waals surface area contributed by atoms with Gasteiger partial charge in [0.15, 0.2) is 0 Å². The molecule has 0 aliphatic rings. The number of aromatic nitrogens is 1. The first-order chi connectivity index (χ1) is 9.68. The maximum Gasteiger partial charge on any atom is 0.339 e. The van der Waals surface area contributed by atoms with Crippen molar-refractivity contribution >= 4 is 11.8 Å². The first kappa shape index (κ1) is 14.1. The first-order valence-electron chi connectivity index (χ1n) is 6.65. The summed E-state index contributed by atoms with van der Waals surface area (Å²) < 4.78 is 0. The first-order valence-corrected chi connectivity index (χ1v) is 6.65. The van der Waals surface area contributed by atoms with Crippen LogP contribution in [0.4, 0.5) is 5.82 Å². The Hall–Kier alpha value is -2.36. The summed E-state index contributed by atoms with van der Waals surface area (Å²) in [6.45, 7) is 2.48. The number of hydrogen-bond donors (Lipinski definition) is 2. The number of rotatable bonds is 6. The van der Waals surface area contributed by atoms with Gasteiger partial charge in [-0.15, -0.1) is 0 Å². The van der Waals surface area contributed by atoms with Gasteiger partial charge in [0.2, 0.25) is 0 Å². The van der Waals surface area contributed by atoms with E-state index in [0.29, 0.717) is 12.4 Å².